The van der Waals surface area contributed by atoms with Gasteiger partial charge in [0.1, 0.15) is 6.04 Å². The Morgan fingerprint density at radius 3 is 2.44 bits per heavy atom. The number of carbonyl (C=O) groups excluding carboxylic acids is 1. The highest BCUT2D eigenvalue weighted by atomic mass is 32.2. The van der Waals surface area contributed by atoms with E-state index < -0.39 is 39.8 Å². The van der Waals surface area contributed by atoms with Crippen LogP contribution in [0.3, 0.4) is 0 Å². The summed E-state index contributed by atoms with van der Waals surface area (Å²) >= 11 is 0. The number of aliphatic hydroxyl groups is 1. The van der Waals surface area contributed by atoms with E-state index in [0.717, 1.165) is 4.90 Å². The molecule has 0 aromatic rings. The summed E-state index contributed by atoms with van der Waals surface area (Å²) in [7, 11) is -3.18. The summed E-state index contributed by atoms with van der Waals surface area (Å²) in [5.41, 5.74) is 0. The number of likely N-dealkylation sites (tertiary alicyclic amines) is 1. The third kappa shape index (κ3) is 2.49. The van der Waals surface area contributed by atoms with Gasteiger partial charge in [-0.2, -0.15) is 0 Å². The summed E-state index contributed by atoms with van der Waals surface area (Å²) in [5.74, 6) is -2.55. The number of amides is 1. The summed E-state index contributed by atoms with van der Waals surface area (Å²) in [6.45, 7) is -0.0354. The van der Waals surface area contributed by atoms with Crippen LogP contribution in [0.4, 0.5) is 0 Å². The van der Waals surface area contributed by atoms with Crippen molar-refractivity contribution in [3.8, 4) is 0 Å². The first kappa shape index (κ1) is 13.3. The van der Waals surface area contributed by atoms with Crippen molar-refractivity contribution < 1.29 is 28.2 Å². The number of carboxylic acids is 1. The first-order valence-electron chi connectivity index (χ1n) is 5.72. The van der Waals surface area contributed by atoms with Gasteiger partial charge >= 0.3 is 5.97 Å². The van der Waals surface area contributed by atoms with Gasteiger partial charge in [-0.1, -0.05) is 0 Å². The molecule has 2 aliphatic rings. The van der Waals surface area contributed by atoms with Crippen molar-refractivity contribution in [2.24, 2.45) is 5.92 Å². The molecule has 0 radical (unpaired) electrons. The lowest BCUT2D eigenvalue weighted by molar-refractivity contribution is -0.149. The van der Waals surface area contributed by atoms with Crippen LogP contribution in [-0.2, 0) is 19.4 Å². The number of β-amino-alcohol motifs (C(OH)–C–C–N with tert-alkyl or cyclic N) is 1. The van der Waals surface area contributed by atoms with E-state index in [0.29, 0.717) is 0 Å². The van der Waals surface area contributed by atoms with E-state index in [9.17, 15) is 23.1 Å². The molecule has 3 atom stereocenters. The molecule has 1 amide bonds. The Balaban J connectivity index is 2.11. The maximum Gasteiger partial charge on any atom is 0.326 e. The predicted octanol–water partition coefficient (Wildman–Crippen LogP) is -1.53. The third-order valence-corrected chi connectivity index (χ3v) is 5.20. The SMILES string of the molecule is O=C(O)[C@H]1C[C@@H](O)CN1C(=O)C1CCS(=O)(=O)C1. The van der Waals surface area contributed by atoms with Crippen LogP contribution >= 0.6 is 0 Å². The Labute approximate surface area is 104 Å². The second-order valence-electron chi connectivity index (χ2n) is 4.83. The van der Waals surface area contributed by atoms with Gasteiger partial charge in [0, 0.05) is 13.0 Å². The summed E-state index contributed by atoms with van der Waals surface area (Å²) in [6.07, 6.45) is -0.617. The van der Waals surface area contributed by atoms with Crippen LogP contribution in [0.25, 0.3) is 0 Å². The Kier molecular flexibility index (Phi) is 3.33. The average Bonchev–Trinajstić information content (AvgIpc) is 2.80. The van der Waals surface area contributed by atoms with E-state index in [4.69, 9.17) is 5.11 Å². The second kappa shape index (κ2) is 4.51. The zero-order chi connectivity index (χ0) is 13.5. The molecule has 2 heterocycles. The second-order valence-corrected chi connectivity index (χ2v) is 7.06. The maximum atomic E-state index is 12.1. The first-order valence-corrected chi connectivity index (χ1v) is 7.54. The van der Waals surface area contributed by atoms with E-state index in [1.165, 1.54) is 0 Å². The molecule has 102 valence electrons. The van der Waals surface area contributed by atoms with Crippen LogP contribution in [-0.4, -0.2) is 65.6 Å². The molecular weight excluding hydrogens is 262 g/mol. The molecule has 0 saturated carbocycles. The number of hydrogen-bond acceptors (Lipinski definition) is 5. The highest BCUT2D eigenvalue weighted by Gasteiger charge is 2.43. The van der Waals surface area contributed by atoms with Crippen molar-refractivity contribution in [1.29, 1.82) is 0 Å². The molecule has 0 aromatic heterocycles. The van der Waals surface area contributed by atoms with Crippen molar-refractivity contribution in [3.05, 3.63) is 0 Å². The molecule has 0 aliphatic carbocycles. The van der Waals surface area contributed by atoms with Gasteiger partial charge in [-0.15, -0.1) is 0 Å². The van der Waals surface area contributed by atoms with Crippen LogP contribution in [0, 0.1) is 5.92 Å². The van der Waals surface area contributed by atoms with E-state index in [1.807, 2.05) is 0 Å². The fourth-order valence-corrected chi connectivity index (χ4v) is 4.25. The van der Waals surface area contributed by atoms with E-state index in [-0.39, 0.29) is 30.9 Å². The molecule has 0 bridgehead atoms. The van der Waals surface area contributed by atoms with E-state index >= 15 is 0 Å². The minimum Gasteiger partial charge on any atom is -0.480 e. The molecule has 2 fully saturated rings. The van der Waals surface area contributed by atoms with Crippen LogP contribution in [0.15, 0.2) is 0 Å². The molecule has 0 spiro atoms. The van der Waals surface area contributed by atoms with Gasteiger partial charge in [0.15, 0.2) is 9.84 Å². The molecule has 18 heavy (non-hydrogen) atoms. The minimum atomic E-state index is -3.18. The first-order chi connectivity index (χ1) is 8.30. The zero-order valence-corrected chi connectivity index (χ0v) is 10.5. The normalized spacial score (nSPS) is 34.7. The van der Waals surface area contributed by atoms with Crippen LogP contribution < -0.4 is 0 Å². The quantitative estimate of drug-likeness (QED) is 0.633. The highest BCUT2D eigenvalue weighted by molar-refractivity contribution is 7.91. The number of sulfone groups is 1. The Hall–Kier alpha value is -1.15. The number of aliphatic hydroxyl groups excluding tert-OH is 1. The van der Waals surface area contributed by atoms with Gasteiger partial charge in [0.2, 0.25) is 5.91 Å². The lowest BCUT2D eigenvalue weighted by Gasteiger charge is -2.23. The van der Waals surface area contributed by atoms with Crippen molar-refractivity contribution in [3.63, 3.8) is 0 Å². The van der Waals surface area contributed by atoms with Gasteiger partial charge in [0.05, 0.1) is 23.5 Å². The third-order valence-electron chi connectivity index (χ3n) is 3.43. The van der Waals surface area contributed by atoms with Gasteiger partial charge in [0.25, 0.3) is 0 Å². The molecule has 2 saturated heterocycles. The van der Waals surface area contributed by atoms with E-state index in [2.05, 4.69) is 0 Å². The summed E-state index contributed by atoms with van der Waals surface area (Å²) in [6, 6.07) is -1.05. The molecule has 2 aliphatic heterocycles. The number of carboxylic acid groups (broad SMARTS) is 1. The summed E-state index contributed by atoms with van der Waals surface area (Å²) in [5, 5.41) is 18.4. The van der Waals surface area contributed by atoms with Crippen molar-refractivity contribution in [1.82, 2.24) is 4.90 Å². The monoisotopic (exact) mass is 277 g/mol. The molecule has 1 unspecified atom stereocenters. The van der Waals surface area contributed by atoms with Crippen molar-refractivity contribution in [2.45, 2.75) is 25.0 Å². The Morgan fingerprint density at radius 2 is 1.94 bits per heavy atom. The molecule has 8 heteroatoms. The average molecular weight is 277 g/mol. The minimum absolute atomic E-state index is 0.000539. The van der Waals surface area contributed by atoms with Crippen molar-refractivity contribution >= 4 is 21.7 Å². The number of rotatable bonds is 2. The Bertz CT molecular complexity index is 473. The van der Waals surface area contributed by atoms with Gasteiger partial charge in [-0.3, -0.25) is 4.79 Å². The highest BCUT2D eigenvalue weighted by Crippen LogP contribution is 2.26. The predicted molar refractivity (Wildman–Crippen MR) is 60.5 cm³/mol. The number of carbonyl (C=O) groups is 2. The number of nitrogens with zero attached hydrogens (tertiary/aromatic N) is 1. The van der Waals surface area contributed by atoms with E-state index in [1.54, 1.807) is 0 Å². The molecule has 2 rings (SSSR count). The molecule has 0 aromatic carbocycles. The number of hydrogen-bond donors (Lipinski definition) is 2. The smallest absolute Gasteiger partial charge is 0.326 e. The van der Waals surface area contributed by atoms with Crippen molar-refractivity contribution in [2.75, 3.05) is 18.1 Å². The molecule has 7 nitrogen and oxygen atoms in total. The van der Waals surface area contributed by atoms with Crippen LogP contribution in [0.2, 0.25) is 0 Å². The van der Waals surface area contributed by atoms with Gasteiger partial charge < -0.3 is 15.1 Å². The zero-order valence-electron chi connectivity index (χ0n) is 9.65. The molecule has 2 N–H and O–H groups in total. The summed E-state index contributed by atoms with van der Waals surface area (Å²) < 4.78 is 22.6. The maximum absolute atomic E-state index is 12.1. The van der Waals surface area contributed by atoms with Gasteiger partial charge in [-0.05, 0) is 6.42 Å². The Morgan fingerprint density at radius 1 is 1.28 bits per heavy atom. The fraction of sp³-hybridized carbons (Fsp3) is 0.800. The fourth-order valence-electron chi connectivity index (χ4n) is 2.52. The lowest BCUT2D eigenvalue weighted by atomic mass is 10.1. The molecular formula is C10H15NO6S. The number of aliphatic carboxylic acids is 1. The van der Waals surface area contributed by atoms with Crippen LogP contribution in [0.5, 0.6) is 0 Å². The van der Waals surface area contributed by atoms with Gasteiger partial charge in [-0.25, -0.2) is 13.2 Å². The summed E-state index contributed by atoms with van der Waals surface area (Å²) in [4.78, 5) is 24.2. The van der Waals surface area contributed by atoms with Crippen LogP contribution in [0.1, 0.15) is 12.8 Å². The topological polar surface area (TPSA) is 112 Å². The largest absolute Gasteiger partial charge is 0.480 e. The standard InChI is InChI=1S/C10H15NO6S/c12-7-3-8(10(14)15)11(4-7)9(13)6-1-2-18(16,17)5-6/h6-8,12H,1-5H2,(H,14,15)/t6?,7-,8-/m1/s1. The lowest BCUT2D eigenvalue weighted by Crippen LogP contribution is -2.44.